The van der Waals surface area contributed by atoms with Gasteiger partial charge in [0.05, 0.1) is 18.2 Å². The van der Waals surface area contributed by atoms with Gasteiger partial charge < -0.3 is 5.32 Å². The maximum atomic E-state index is 10.6. The van der Waals surface area contributed by atoms with E-state index in [1.54, 1.807) is 10.9 Å². The third-order valence-corrected chi connectivity index (χ3v) is 1.94. The number of hydrogen-bond acceptors (Lipinski definition) is 2. The number of rotatable bonds is 1. The molecule has 1 saturated heterocycles. The second kappa shape index (κ2) is 2.08. The van der Waals surface area contributed by atoms with Crippen molar-refractivity contribution in [1.29, 1.82) is 0 Å². The summed E-state index contributed by atoms with van der Waals surface area (Å²) >= 11 is 0. The molecule has 2 rings (SSSR count). The van der Waals surface area contributed by atoms with E-state index in [-0.39, 0.29) is 11.9 Å². The van der Waals surface area contributed by atoms with Crippen LogP contribution in [-0.2, 0) is 11.8 Å². The molecule has 0 bridgehead atoms. The molecule has 1 aromatic heterocycles. The summed E-state index contributed by atoms with van der Waals surface area (Å²) in [4.78, 5) is 10.6. The molecular weight excluding hydrogens is 142 g/mol. The average Bonchev–Trinajstić information content (AvgIpc) is 2.29. The zero-order valence-electron chi connectivity index (χ0n) is 6.24. The van der Waals surface area contributed by atoms with Crippen molar-refractivity contribution >= 4 is 5.91 Å². The van der Waals surface area contributed by atoms with Gasteiger partial charge >= 0.3 is 0 Å². The zero-order valence-corrected chi connectivity index (χ0v) is 6.24. The summed E-state index contributed by atoms with van der Waals surface area (Å²) in [5.74, 6) is 0.121. The lowest BCUT2D eigenvalue weighted by Crippen LogP contribution is -2.42. The predicted molar refractivity (Wildman–Crippen MR) is 38.7 cm³/mol. The van der Waals surface area contributed by atoms with Crippen LogP contribution in [0, 0.1) is 0 Å². The summed E-state index contributed by atoms with van der Waals surface area (Å²) in [6.07, 6.45) is 2.33. The van der Waals surface area contributed by atoms with E-state index in [0.29, 0.717) is 6.42 Å². The van der Waals surface area contributed by atoms with Crippen LogP contribution >= 0.6 is 0 Å². The fourth-order valence-corrected chi connectivity index (χ4v) is 1.26. The van der Waals surface area contributed by atoms with Gasteiger partial charge in [0.2, 0.25) is 5.91 Å². The van der Waals surface area contributed by atoms with Gasteiger partial charge in [-0.15, -0.1) is 0 Å². The van der Waals surface area contributed by atoms with E-state index in [0.717, 1.165) is 5.69 Å². The maximum Gasteiger partial charge on any atom is 0.223 e. The van der Waals surface area contributed by atoms with E-state index in [2.05, 4.69) is 10.4 Å². The number of aromatic nitrogens is 2. The molecule has 11 heavy (non-hydrogen) atoms. The first-order chi connectivity index (χ1) is 5.27. The van der Waals surface area contributed by atoms with Gasteiger partial charge in [0.25, 0.3) is 0 Å². The largest absolute Gasteiger partial charge is 0.347 e. The Bertz CT molecular complexity index is 284. The third-order valence-electron chi connectivity index (χ3n) is 1.94. The van der Waals surface area contributed by atoms with Crippen LogP contribution in [0.25, 0.3) is 0 Å². The highest BCUT2D eigenvalue weighted by Gasteiger charge is 2.28. The van der Waals surface area contributed by atoms with Gasteiger partial charge in [0.1, 0.15) is 0 Å². The molecule has 0 radical (unpaired) electrons. The fraction of sp³-hybridized carbons (Fsp3) is 0.429. The van der Waals surface area contributed by atoms with Crippen molar-refractivity contribution in [3.8, 4) is 0 Å². The summed E-state index contributed by atoms with van der Waals surface area (Å²) < 4.78 is 1.78. The number of nitrogens with one attached hydrogen (secondary N) is 1. The lowest BCUT2D eigenvalue weighted by Gasteiger charge is -2.26. The van der Waals surface area contributed by atoms with E-state index >= 15 is 0 Å². The maximum absolute atomic E-state index is 10.6. The Morgan fingerprint density at radius 3 is 3.00 bits per heavy atom. The molecule has 1 unspecified atom stereocenters. The molecule has 1 aliphatic heterocycles. The van der Waals surface area contributed by atoms with Crippen LogP contribution in [0.2, 0.25) is 0 Å². The van der Waals surface area contributed by atoms with Gasteiger partial charge in [-0.1, -0.05) is 0 Å². The van der Waals surface area contributed by atoms with Crippen LogP contribution in [0.1, 0.15) is 18.2 Å². The van der Waals surface area contributed by atoms with Crippen molar-refractivity contribution in [2.45, 2.75) is 12.5 Å². The predicted octanol–water partition coefficient (Wildman–Crippen LogP) is -0.0189. The minimum Gasteiger partial charge on any atom is -0.347 e. The van der Waals surface area contributed by atoms with Gasteiger partial charge in [-0.2, -0.15) is 5.10 Å². The summed E-state index contributed by atoms with van der Waals surface area (Å²) in [7, 11) is 1.87. The van der Waals surface area contributed by atoms with E-state index < -0.39 is 0 Å². The fourth-order valence-electron chi connectivity index (χ4n) is 1.26. The van der Waals surface area contributed by atoms with Crippen molar-refractivity contribution in [3.63, 3.8) is 0 Å². The Morgan fingerprint density at radius 2 is 2.55 bits per heavy atom. The highest BCUT2D eigenvalue weighted by molar-refractivity contribution is 5.83. The molecule has 1 atom stereocenters. The SMILES string of the molecule is Cn1nccc1C1CC(=O)N1. The monoisotopic (exact) mass is 151 g/mol. The second-order valence-electron chi connectivity index (χ2n) is 2.70. The van der Waals surface area contributed by atoms with Crippen LogP contribution in [-0.4, -0.2) is 15.7 Å². The van der Waals surface area contributed by atoms with Crippen LogP contribution in [0.4, 0.5) is 0 Å². The number of carbonyl (C=O) groups is 1. The van der Waals surface area contributed by atoms with Crippen molar-refractivity contribution in [2.24, 2.45) is 7.05 Å². The molecule has 1 aliphatic rings. The van der Waals surface area contributed by atoms with Gasteiger partial charge in [-0.3, -0.25) is 9.48 Å². The Balaban J connectivity index is 2.18. The Kier molecular flexibility index (Phi) is 1.21. The minimum atomic E-state index is 0.121. The normalized spacial score (nSPS) is 22.6. The first-order valence-corrected chi connectivity index (χ1v) is 3.54. The quantitative estimate of drug-likeness (QED) is 0.573. The molecule has 1 amide bonds. The Hall–Kier alpha value is -1.32. The van der Waals surface area contributed by atoms with Crippen molar-refractivity contribution in [2.75, 3.05) is 0 Å². The van der Waals surface area contributed by atoms with Crippen molar-refractivity contribution < 1.29 is 4.79 Å². The highest BCUT2D eigenvalue weighted by atomic mass is 16.2. The molecule has 0 aliphatic carbocycles. The summed E-state index contributed by atoms with van der Waals surface area (Å²) in [5, 5.41) is 6.80. The van der Waals surface area contributed by atoms with Crippen LogP contribution in [0.15, 0.2) is 12.3 Å². The molecule has 0 saturated carbocycles. The molecule has 1 N–H and O–H groups in total. The average molecular weight is 151 g/mol. The summed E-state index contributed by atoms with van der Waals surface area (Å²) in [6, 6.07) is 2.11. The molecule has 1 fully saturated rings. The summed E-state index contributed by atoms with van der Waals surface area (Å²) in [6.45, 7) is 0. The van der Waals surface area contributed by atoms with E-state index in [1.807, 2.05) is 13.1 Å². The van der Waals surface area contributed by atoms with Gasteiger partial charge in [-0.25, -0.2) is 0 Å². The van der Waals surface area contributed by atoms with E-state index in [4.69, 9.17) is 0 Å². The van der Waals surface area contributed by atoms with Gasteiger partial charge in [0.15, 0.2) is 0 Å². The Morgan fingerprint density at radius 1 is 1.82 bits per heavy atom. The number of carbonyl (C=O) groups excluding carboxylic acids is 1. The van der Waals surface area contributed by atoms with E-state index in [9.17, 15) is 4.79 Å². The molecule has 4 nitrogen and oxygen atoms in total. The van der Waals surface area contributed by atoms with Crippen LogP contribution in [0.3, 0.4) is 0 Å². The summed E-state index contributed by atoms with van der Waals surface area (Å²) in [5.41, 5.74) is 1.07. The van der Waals surface area contributed by atoms with Crippen molar-refractivity contribution in [3.05, 3.63) is 18.0 Å². The van der Waals surface area contributed by atoms with Crippen LogP contribution in [0.5, 0.6) is 0 Å². The van der Waals surface area contributed by atoms with Crippen molar-refractivity contribution in [1.82, 2.24) is 15.1 Å². The number of aryl methyl sites for hydroxylation is 1. The molecule has 0 spiro atoms. The standard InChI is InChI=1S/C7H9N3O/c1-10-6(2-3-8-10)5-4-7(11)9-5/h2-3,5H,4H2,1H3,(H,9,11). The Labute approximate surface area is 64.2 Å². The second-order valence-corrected chi connectivity index (χ2v) is 2.70. The third kappa shape index (κ3) is 0.906. The molecular formula is C7H9N3O. The lowest BCUT2D eigenvalue weighted by atomic mass is 10.0. The first kappa shape index (κ1) is 6.39. The van der Waals surface area contributed by atoms with Crippen LogP contribution < -0.4 is 5.32 Å². The zero-order chi connectivity index (χ0) is 7.84. The molecule has 1 aromatic rings. The molecule has 4 heteroatoms. The number of nitrogens with zero attached hydrogens (tertiary/aromatic N) is 2. The first-order valence-electron chi connectivity index (χ1n) is 3.54. The molecule has 58 valence electrons. The smallest absolute Gasteiger partial charge is 0.223 e. The number of amides is 1. The van der Waals surface area contributed by atoms with E-state index in [1.165, 1.54) is 0 Å². The lowest BCUT2D eigenvalue weighted by molar-refractivity contribution is -0.128. The highest BCUT2D eigenvalue weighted by Crippen LogP contribution is 2.22. The number of hydrogen-bond donors (Lipinski definition) is 1. The molecule has 0 aromatic carbocycles. The minimum absolute atomic E-state index is 0.121. The molecule has 2 heterocycles. The van der Waals surface area contributed by atoms with Gasteiger partial charge in [0, 0.05) is 13.2 Å². The van der Waals surface area contributed by atoms with Gasteiger partial charge in [-0.05, 0) is 6.07 Å². The topological polar surface area (TPSA) is 46.9 Å². The number of β-lactam (4-membered cyclic amide) rings is 1.